The summed E-state index contributed by atoms with van der Waals surface area (Å²) in [6.07, 6.45) is 2.66. The molecule has 128 valence electrons. The number of rotatable bonds is 6. The quantitative estimate of drug-likeness (QED) is 0.753. The molecule has 3 rings (SSSR count). The average Bonchev–Trinajstić information content (AvgIpc) is 3.11. The Kier molecular flexibility index (Phi) is 4.53. The Hall–Kier alpha value is -2.41. The topological polar surface area (TPSA) is 69.3 Å². The Morgan fingerprint density at radius 3 is 2.75 bits per heavy atom. The highest BCUT2D eigenvalue weighted by molar-refractivity contribution is 5.56. The molecule has 0 unspecified atom stereocenters. The smallest absolute Gasteiger partial charge is 0.160 e. The Morgan fingerprint density at radius 1 is 1.33 bits per heavy atom. The van der Waals surface area contributed by atoms with Crippen LogP contribution in [0, 0.1) is 13.8 Å². The summed E-state index contributed by atoms with van der Waals surface area (Å²) in [6, 6.07) is 4.02. The number of methoxy groups -OCH3 is 1. The zero-order chi connectivity index (χ0) is 17.3. The molecule has 7 nitrogen and oxygen atoms in total. The molecule has 3 aromatic heterocycles. The second-order valence-electron chi connectivity index (χ2n) is 5.96. The van der Waals surface area contributed by atoms with E-state index in [2.05, 4.69) is 35.4 Å². The molecule has 0 amide bonds. The van der Waals surface area contributed by atoms with Gasteiger partial charge in [-0.3, -0.25) is 4.68 Å². The van der Waals surface area contributed by atoms with Crippen LogP contribution in [-0.4, -0.2) is 38.1 Å². The van der Waals surface area contributed by atoms with E-state index < -0.39 is 0 Å². The van der Waals surface area contributed by atoms with Crippen molar-refractivity contribution in [2.45, 2.75) is 33.2 Å². The molecular weight excluding hydrogens is 304 g/mol. The van der Waals surface area contributed by atoms with E-state index in [4.69, 9.17) is 9.72 Å². The van der Waals surface area contributed by atoms with Gasteiger partial charge in [0.25, 0.3) is 0 Å². The lowest BCUT2D eigenvalue weighted by Crippen LogP contribution is -2.21. The number of nitrogens with one attached hydrogen (secondary N) is 1. The summed E-state index contributed by atoms with van der Waals surface area (Å²) >= 11 is 0. The number of hydrogen-bond acceptors (Lipinski definition) is 5. The van der Waals surface area contributed by atoms with Gasteiger partial charge >= 0.3 is 0 Å². The Labute approximate surface area is 141 Å². The van der Waals surface area contributed by atoms with Crippen LogP contribution in [0.3, 0.4) is 0 Å². The number of fused-ring (bicyclic) bond motifs is 1. The number of aromatic nitrogens is 5. The minimum Gasteiger partial charge on any atom is -0.382 e. The second-order valence-corrected chi connectivity index (χ2v) is 5.96. The maximum atomic E-state index is 5.40. The molecule has 0 saturated heterocycles. The normalized spacial score (nSPS) is 12.7. The molecule has 24 heavy (non-hydrogen) atoms. The van der Waals surface area contributed by atoms with Crippen LogP contribution in [0.4, 0.5) is 5.82 Å². The summed E-state index contributed by atoms with van der Waals surface area (Å²) in [7, 11) is 3.63. The molecule has 0 aliphatic heterocycles. The fourth-order valence-corrected chi connectivity index (χ4v) is 2.84. The summed E-state index contributed by atoms with van der Waals surface area (Å²) in [5.74, 6) is 0.913. The van der Waals surface area contributed by atoms with E-state index in [0.29, 0.717) is 6.61 Å². The van der Waals surface area contributed by atoms with Crippen molar-refractivity contribution in [1.82, 2.24) is 24.4 Å². The lowest BCUT2D eigenvalue weighted by Gasteiger charge is -2.20. The highest BCUT2D eigenvalue weighted by atomic mass is 16.5. The average molecular weight is 328 g/mol. The minimum atomic E-state index is -0.0254. The van der Waals surface area contributed by atoms with Gasteiger partial charge in [-0.2, -0.15) is 14.7 Å². The molecule has 0 bridgehead atoms. The Balaban J connectivity index is 2.07. The van der Waals surface area contributed by atoms with Crippen molar-refractivity contribution in [3.05, 3.63) is 41.0 Å². The van der Waals surface area contributed by atoms with E-state index in [0.717, 1.165) is 40.5 Å². The van der Waals surface area contributed by atoms with Gasteiger partial charge in [0, 0.05) is 37.7 Å². The maximum absolute atomic E-state index is 5.40. The molecule has 0 aliphatic carbocycles. The van der Waals surface area contributed by atoms with Gasteiger partial charge < -0.3 is 10.1 Å². The van der Waals surface area contributed by atoms with Gasteiger partial charge in [-0.15, -0.1) is 0 Å². The van der Waals surface area contributed by atoms with Crippen molar-refractivity contribution in [3.63, 3.8) is 0 Å². The molecule has 0 aromatic carbocycles. The zero-order valence-electron chi connectivity index (χ0n) is 14.9. The molecule has 1 N–H and O–H groups in total. The van der Waals surface area contributed by atoms with Gasteiger partial charge in [-0.25, -0.2) is 4.98 Å². The Morgan fingerprint density at radius 2 is 2.12 bits per heavy atom. The van der Waals surface area contributed by atoms with Crippen molar-refractivity contribution in [1.29, 1.82) is 0 Å². The highest BCUT2D eigenvalue weighted by Gasteiger charge is 2.18. The monoisotopic (exact) mass is 328 g/mol. The largest absolute Gasteiger partial charge is 0.382 e. The zero-order valence-corrected chi connectivity index (χ0v) is 14.9. The van der Waals surface area contributed by atoms with Crippen molar-refractivity contribution in [3.8, 4) is 0 Å². The first kappa shape index (κ1) is 16.4. The summed E-state index contributed by atoms with van der Waals surface area (Å²) in [5.41, 5.74) is 5.09. The van der Waals surface area contributed by atoms with Crippen molar-refractivity contribution in [2.75, 3.05) is 19.0 Å². The third-order valence-corrected chi connectivity index (χ3v) is 4.34. The van der Waals surface area contributed by atoms with E-state index in [9.17, 15) is 0 Å². The molecule has 0 aliphatic rings. The molecular formula is C17H24N6O. The van der Waals surface area contributed by atoms with E-state index in [1.54, 1.807) is 13.3 Å². The van der Waals surface area contributed by atoms with Crippen molar-refractivity contribution >= 4 is 11.5 Å². The highest BCUT2D eigenvalue weighted by Crippen LogP contribution is 2.23. The molecule has 1 atom stereocenters. The second kappa shape index (κ2) is 6.60. The van der Waals surface area contributed by atoms with Crippen molar-refractivity contribution in [2.24, 2.45) is 7.05 Å². The number of aryl methyl sites for hydroxylation is 4. The van der Waals surface area contributed by atoms with Gasteiger partial charge in [0.15, 0.2) is 5.65 Å². The fraction of sp³-hybridized carbons (Fsp3) is 0.471. The van der Waals surface area contributed by atoms with Gasteiger partial charge in [-0.1, -0.05) is 6.92 Å². The first-order valence-electron chi connectivity index (χ1n) is 8.14. The first-order chi connectivity index (χ1) is 11.5. The van der Waals surface area contributed by atoms with E-state index >= 15 is 0 Å². The first-order valence-corrected chi connectivity index (χ1v) is 8.14. The van der Waals surface area contributed by atoms with E-state index in [1.165, 1.54) is 0 Å². The van der Waals surface area contributed by atoms with E-state index in [1.807, 2.05) is 29.2 Å². The summed E-state index contributed by atoms with van der Waals surface area (Å²) in [6.45, 7) is 6.70. The standard InChI is InChI=1S/C17H24N6O/c1-6-13-9-16(23-17(19-13)11(2)12(3)21-23)20-14(10-24-5)15-7-8-18-22(15)4/h7-9,14,20H,6,10H2,1-5H3/t14-/m1/s1. The molecule has 0 radical (unpaired) electrons. The van der Waals surface area contributed by atoms with Crippen LogP contribution in [0.25, 0.3) is 5.65 Å². The van der Waals surface area contributed by atoms with Gasteiger partial charge in [0.05, 0.1) is 24.0 Å². The van der Waals surface area contributed by atoms with Crippen LogP contribution in [0.15, 0.2) is 18.3 Å². The molecule has 7 heteroatoms. The van der Waals surface area contributed by atoms with Crippen LogP contribution < -0.4 is 5.32 Å². The van der Waals surface area contributed by atoms with Crippen LogP contribution in [-0.2, 0) is 18.2 Å². The summed E-state index contributed by atoms with van der Waals surface area (Å²) in [4.78, 5) is 4.72. The molecule has 0 saturated carbocycles. The van der Waals surface area contributed by atoms with Crippen LogP contribution in [0.2, 0.25) is 0 Å². The Bertz CT molecular complexity index is 850. The summed E-state index contributed by atoms with van der Waals surface area (Å²) in [5, 5.41) is 12.5. The van der Waals surface area contributed by atoms with Gasteiger partial charge in [-0.05, 0) is 26.3 Å². The number of anilines is 1. The van der Waals surface area contributed by atoms with Crippen LogP contribution in [0.5, 0.6) is 0 Å². The predicted octanol–water partition coefficient (Wildman–Crippen LogP) is 2.44. The molecule has 0 fully saturated rings. The number of nitrogens with zero attached hydrogens (tertiary/aromatic N) is 5. The third kappa shape index (κ3) is 2.87. The lowest BCUT2D eigenvalue weighted by molar-refractivity contribution is 0.184. The van der Waals surface area contributed by atoms with Crippen molar-refractivity contribution < 1.29 is 4.74 Å². The summed E-state index contributed by atoms with van der Waals surface area (Å²) < 4.78 is 9.14. The van der Waals surface area contributed by atoms with Gasteiger partial charge in [0.1, 0.15) is 5.82 Å². The van der Waals surface area contributed by atoms with Crippen LogP contribution >= 0.6 is 0 Å². The molecule has 3 heterocycles. The SMILES string of the molecule is CCc1cc(N[C@H](COC)c2ccnn2C)n2nc(C)c(C)c2n1. The van der Waals surface area contributed by atoms with Gasteiger partial charge in [0.2, 0.25) is 0 Å². The lowest BCUT2D eigenvalue weighted by atomic mass is 10.2. The minimum absolute atomic E-state index is 0.0254. The third-order valence-electron chi connectivity index (χ3n) is 4.34. The number of ether oxygens (including phenoxy) is 1. The van der Waals surface area contributed by atoms with E-state index in [-0.39, 0.29) is 6.04 Å². The molecule has 0 spiro atoms. The molecule has 3 aromatic rings. The van der Waals surface area contributed by atoms with Crippen LogP contribution in [0.1, 0.15) is 35.6 Å². The predicted molar refractivity (Wildman–Crippen MR) is 93.3 cm³/mol. The fourth-order valence-electron chi connectivity index (χ4n) is 2.84. The maximum Gasteiger partial charge on any atom is 0.160 e. The number of hydrogen-bond donors (Lipinski definition) is 1.